The van der Waals surface area contributed by atoms with Crippen LogP contribution in [0.15, 0.2) is 47.8 Å². The quantitative estimate of drug-likeness (QED) is 0.738. The van der Waals surface area contributed by atoms with Gasteiger partial charge in [0, 0.05) is 22.2 Å². The molecule has 0 radical (unpaired) electrons. The van der Waals surface area contributed by atoms with Crippen LogP contribution in [0.5, 0.6) is 11.5 Å². The predicted octanol–water partition coefficient (Wildman–Crippen LogP) is 4.08. The smallest absolute Gasteiger partial charge is 0.161 e. The zero-order valence-electron chi connectivity index (χ0n) is 12.4. The number of benzene rings is 2. The Bertz CT molecular complexity index is 782. The van der Waals surface area contributed by atoms with Gasteiger partial charge < -0.3 is 15.2 Å². The van der Waals surface area contributed by atoms with Crippen molar-refractivity contribution >= 4 is 17.0 Å². The monoisotopic (exact) mass is 312 g/mol. The number of nitrogens with zero attached hydrogens (tertiary/aromatic N) is 1. The summed E-state index contributed by atoms with van der Waals surface area (Å²) in [7, 11) is 3.25. The molecule has 112 valence electrons. The van der Waals surface area contributed by atoms with Crippen molar-refractivity contribution in [2.45, 2.75) is 0 Å². The van der Waals surface area contributed by atoms with E-state index < -0.39 is 0 Å². The van der Waals surface area contributed by atoms with E-state index in [1.807, 2.05) is 47.8 Å². The molecule has 0 atom stereocenters. The largest absolute Gasteiger partial charge is 0.493 e. The van der Waals surface area contributed by atoms with Crippen molar-refractivity contribution in [3.05, 3.63) is 47.8 Å². The van der Waals surface area contributed by atoms with Crippen LogP contribution in [0, 0.1) is 0 Å². The SMILES string of the molecule is COc1ccc(-c2nc(-c3ccc(N)cc3)cs2)cc1OC. The van der Waals surface area contributed by atoms with Crippen LogP contribution >= 0.6 is 11.3 Å². The second-order valence-electron chi connectivity index (χ2n) is 4.73. The Kier molecular flexibility index (Phi) is 3.98. The summed E-state index contributed by atoms with van der Waals surface area (Å²) in [4.78, 5) is 4.69. The fourth-order valence-corrected chi connectivity index (χ4v) is 2.99. The molecular weight excluding hydrogens is 296 g/mol. The molecule has 0 amide bonds. The van der Waals surface area contributed by atoms with Crippen LogP contribution in [-0.2, 0) is 0 Å². The molecule has 0 aliphatic rings. The summed E-state index contributed by atoms with van der Waals surface area (Å²) in [6, 6.07) is 13.5. The molecule has 4 nitrogen and oxygen atoms in total. The first-order chi connectivity index (χ1) is 10.7. The Morgan fingerprint density at radius 2 is 1.59 bits per heavy atom. The lowest BCUT2D eigenvalue weighted by Gasteiger charge is -2.08. The number of ether oxygens (including phenoxy) is 2. The van der Waals surface area contributed by atoms with Gasteiger partial charge in [0.05, 0.1) is 19.9 Å². The second kappa shape index (κ2) is 6.07. The van der Waals surface area contributed by atoms with Crippen LogP contribution in [0.4, 0.5) is 5.69 Å². The number of aromatic nitrogens is 1. The lowest BCUT2D eigenvalue weighted by Crippen LogP contribution is -1.90. The molecule has 3 aromatic rings. The summed E-state index contributed by atoms with van der Waals surface area (Å²) in [5.41, 5.74) is 9.46. The van der Waals surface area contributed by atoms with Crippen molar-refractivity contribution in [3.63, 3.8) is 0 Å². The first-order valence-electron chi connectivity index (χ1n) is 6.75. The van der Waals surface area contributed by atoms with Gasteiger partial charge in [-0.05, 0) is 30.3 Å². The third kappa shape index (κ3) is 2.76. The first-order valence-corrected chi connectivity index (χ1v) is 7.63. The minimum absolute atomic E-state index is 0.698. The summed E-state index contributed by atoms with van der Waals surface area (Å²) in [6.07, 6.45) is 0. The minimum Gasteiger partial charge on any atom is -0.493 e. The lowest BCUT2D eigenvalue weighted by molar-refractivity contribution is 0.355. The van der Waals surface area contributed by atoms with Crippen molar-refractivity contribution < 1.29 is 9.47 Å². The molecule has 0 saturated heterocycles. The highest BCUT2D eigenvalue weighted by Crippen LogP contribution is 2.35. The molecule has 0 aliphatic heterocycles. The van der Waals surface area contributed by atoms with Crippen LogP contribution in [0.2, 0.25) is 0 Å². The van der Waals surface area contributed by atoms with Gasteiger partial charge in [0.2, 0.25) is 0 Å². The molecule has 5 heteroatoms. The average Bonchev–Trinajstić information content (AvgIpc) is 3.05. The predicted molar refractivity (Wildman–Crippen MR) is 90.5 cm³/mol. The summed E-state index contributed by atoms with van der Waals surface area (Å²) in [5.74, 6) is 1.41. The maximum Gasteiger partial charge on any atom is 0.161 e. The van der Waals surface area contributed by atoms with Crippen LogP contribution in [-0.4, -0.2) is 19.2 Å². The average molecular weight is 312 g/mol. The number of methoxy groups -OCH3 is 2. The number of hydrogen-bond acceptors (Lipinski definition) is 5. The Labute approximate surface area is 133 Å². The van der Waals surface area contributed by atoms with Crippen LogP contribution in [0.25, 0.3) is 21.8 Å². The van der Waals surface area contributed by atoms with E-state index in [1.54, 1.807) is 25.6 Å². The molecule has 0 saturated carbocycles. The molecule has 0 aliphatic carbocycles. The van der Waals surface area contributed by atoms with E-state index in [2.05, 4.69) is 0 Å². The maximum absolute atomic E-state index is 5.72. The van der Waals surface area contributed by atoms with Gasteiger partial charge in [0.1, 0.15) is 5.01 Å². The zero-order valence-corrected chi connectivity index (χ0v) is 13.2. The van der Waals surface area contributed by atoms with E-state index in [0.717, 1.165) is 27.5 Å². The molecular formula is C17H16N2O2S. The van der Waals surface area contributed by atoms with E-state index in [1.165, 1.54) is 0 Å². The van der Waals surface area contributed by atoms with Gasteiger partial charge in [0.25, 0.3) is 0 Å². The van der Waals surface area contributed by atoms with Gasteiger partial charge in [-0.3, -0.25) is 0 Å². The fourth-order valence-electron chi connectivity index (χ4n) is 2.16. The van der Waals surface area contributed by atoms with E-state index in [4.69, 9.17) is 20.2 Å². The van der Waals surface area contributed by atoms with E-state index in [-0.39, 0.29) is 0 Å². The topological polar surface area (TPSA) is 57.4 Å². The molecule has 1 heterocycles. The van der Waals surface area contributed by atoms with Crippen molar-refractivity contribution in [1.29, 1.82) is 0 Å². The van der Waals surface area contributed by atoms with Gasteiger partial charge in [-0.2, -0.15) is 0 Å². The molecule has 3 rings (SSSR count). The van der Waals surface area contributed by atoms with Crippen LogP contribution in [0.1, 0.15) is 0 Å². The fraction of sp³-hybridized carbons (Fsp3) is 0.118. The number of anilines is 1. The Hall–Kier alpha value is -2.53. The number of rotatable bonds is 4. The number of nitrogen functional groups attached to an aromatic ring is 1. The molecule has 0 unspecified atom stereocenters. The van der Waals surface area contributed by atoms with Crippen molar-refractivity contribution in [3.8, 4) is 33.3 Å². The third-order valence-corrected chi connectivity index (χ3v) is 4.23. The highest BCUT2D eigenvalue weighted by molar-refractivity contribution is 7.13. The Balaban J connectivity index is 1.95. The van der Waals surface area contributed by atoms with Crippen molar-refractivity contribution in [2.24, 2.45) is 0 Å². The molecule has 1 aromatic heterocycles. The Morgan fingerprint density at radius 3 is 2.27 bits per heavy atom. The first kappa shape index (κ1) is 14.4. The number of hydrogen-bond donors (Lipinski definition) is 1. The molecule has 22 heavy (non-hydrogen) atoms. The molecule has 2 aromatic carbocycles. The van der Waals surface area contributed by atoms with Crippen LogP contribution in [0.3, 0.4) is 0 Å². The lowest BCUT2D eigenvalue weighted by atomic mass is 10.1. The summed E-state index contributed by atoms with van der Waals surface area (Å²) >= 11 is 1.60. The molecule has 0 bridgehead atoms. The molecule has 0 spiro atoms. The summed E-state index contributed by atoms with van der Waals surface area (Å²) in [5, 5.41) is 2.98. The van der Waals surface area contributed by atoms with E-state index >= 15 is 0 Å². The van der Waals surface area contributed by atoms with E-state index in [0.29, 0.717) is 11.5 Å². The Morgan fingerprint density at radius 1 is 0.909 bits per heavy atom. The maximum atomic E-state index is 5.72. The minimum atomic E-state index is 0.698. The highest BCUT2D eigenvalue weighted by atomic mass is 32.1. The summed E-state index contributed by atoms with van der Waals surface area (Å²) in [6.45, 7) is 0. The van der Waals surface area contributed by atoms with Gasteiger partial charge in [-0.25, -0.2) is 4.98 Å². The normalized spacial score (nSPS) is 10.5. The van der Waals surface area contributed by atoms with Gasteiger partial charge in [0.15, 0.2) is 11.5 Å². The van der Waals surface area contributed by atoms with Crippen LogP contribution < -0.4 is 15.2 Å². The van der Waals surface area contributed by atoms with Crippen molar-refractivity contribution in [1.82, 2.24) is 4.98 Å². The van der Waals surface area contributed by atoms with Gasteiger partial charge in [-0.1, -0.05) is 12.1 Å². The zero-order chi connectivity index (χ0) is 15.5. The van der Waals surface area contributed by atoms with Crippen molar-refractivity contribution in [2.75, 3.05) is 20.0 Å². The number of nitrogens with two attached hydrogens (primary N) is 1. The molecule has 2 N–H and O–H groups in total. The number of thiazole rings is 1. The standard InChI is InChI=1S/C17H16N2O2S/c1-20-15-8-5-12(9-16(15)21-2)17-19-14(10-22-17)11-3-6-13(18)7-4-11/h3-10H,18H2,1-2H3. The summed E-state index contributed by atoms with van der Waals surface area (Å²) < 4.78 is 10.6. The second-order valence-corrected chi connectivity index (χ2v) is 5.59. The van der Waals surface area contributed by atoms with Gasteiger partial charge >= 0.3 is 0 Å². The third-order valence-electron chi connectivity index (χ3n) is 3.34. The van der Waals surface area contributed by atoms with E-state index in [9.17, 15) is 0 Å². The highest BCUT2D eigenvalue weighted by Gasteiger charge is 2.10. The van der Waals surface area contributed by atoms with Gasteiger partial charge in [-0.15, -0.1) is 11.3 Å². The molecule has 0 fully saturated rings.